The topological polar surface area (TPSA) is 0 Å². The molecule has 300 valence electrons. The largest absolute Gasteiger partial charge is 0.100 e. The van der Waals surface area contributed by atoms with Crippen molar-refractivity contribution < 1.29 is 0 Å². The highest BCUT2D eigenvalue weighted by Gasteiger charge is 2.23. The minimum atomic E-state index is 0.723. The highest BCUT2D eigenvalue weighted by molar-refractivity contribution is 4.99. The monoisotopic (exact) mass is 685 g/mol. The van der Waals surface area contributed by atoms with Crippen LogP contribution in [0.5, 0.6) is 0 Å². The zero-order chi connectivity index (χ0) is 39.8. The molecule has 3 atom stereocenters. The summed E-state index contributed by atoms with van der Waals surface area (Å²) in [5, 5.41) is 0. The Balaban J connectivity index is -0.0000000716. The van der Waals surface area contributed by atoms with Gasteiger partial charge < -0.3 is 0 Å². The van der Waals surface area contributed by atoms with E-state index in [9.17, 15) is 0 Å². The van der Waals surface area contributed by atoms with E-state index in [2.05, 4.69) is 103 Å². The zero-order valence-electron chi connectivity index (χ0n) is 39.0. The van der Waals surface area contributed by atoms with Crippen molar-refractivity contribution in [3.63, 3.8) is 0 Å². The Kier molecular flexibility index (Phi) is 89.0. The molecule has 0 heterocycles. The lowest BCUT2D eigenvalue weighted by molar-refractivity contribution is 0.306. The molecule has 0 heteroatoms. The molecule has 0 saturated heterocycles. The number of allylic oxidation sites excluding steroid dienone is 2. The van der Waals surface area contributed by atoms with Gasteiger partial charge in [0.25, 0.3) is 0 Å². The van der Waals surface area contributed by atoms with Crippen molar-refractivity contribution in [1.82, 2.24) is 0 Å². The molecule has 0 bridgehead atoms. The van der Waals surface area contributed by atoms with Crippen LogP contribution in [0.25, 0.3) is 0 Å². The van der Waals surface area contributed by atoms with Gasteiger partial charge in [-0.25, -0.2) is 0 Å². The Morgan fingerprint density at radius 1 is 0.562 bits per heavy atom. The van der Waals surface area contributed by atoms with E-state index in [4.69, 9.17) is 0 Å². The third-order valence-electron chi connectivity index (χ3n) is 7.70. The maximum Gasteiger partial charge on any atom is -0.0237 e. The standard InChI is InChI=1S/C16H30.C9H20.C7H16.C4H8.2C3H8.3C2H6/c1-5-13(3)14(4)11-12-15(6-2)16-9-7-8-10-16;1-4-6-8-9(3)7-5-2;1-4-5-6-7(2)3;1-4(2)3;2*1-3-2;3*1-2/h13,15-16H,4-12H2,1-3H3;9H,4-8H2,1-3H3;7H,4-6H2,1-3H3;1H2,2-3H3;2*3H2,1-2H3;3*1-2H3. The predicted molar refractivity (Wildman–Crippen MR) is 238 cm³/mol. The first-order valence-electron chi connectivity index (χ1n) is 22.1. The van der Waals surface area contributed by atoms with E-state index in [-0.39, 0.29) is 0 Å². The van der Waals surface area contributed by atoms with Crippen LogP contribution in [0.4, 0.5) is 0 Å². The molecule has 0 aliphatic heterocycles. The summed E-state index contributed by atoms with van der Waals surface area (Å²) in [6, 6.07) is 0. The van der Waals surface area contributed by atoms with E-state index in [1.165, 1.54) is 127 Å². The first kappa shape index (κ1) is 65.8. The second-order valence-electron chi connectivity index (χ2n) is 13.9. The molecule has 1 rings (SSSR count). The molecule has 0 radical (unpaired) electrons. The molecule has 0 amide bonds. The van der Waals surface area contributed by atoms with Crippen LogP contribution < -0.4 is 0 Å². The fourth-order valence-corrected chi connectivity index (χ4v) is 4.91. The average Bonchev–Trinajstić information content (AvgIpc) is 3.61. The Bertz CT molecular complexity index is 472. The Morgan fingerprint density at radius 2 is 0.938 bits per heavy atom. The first-order valence-corrected chi connectivity index (χ1v) is 22.1. The van der Waals surface area contributed by atoms with Crippen LogP contribution in [0, 0.1) is 29.6 Å². The van der Waals surface area contributed by atoms with Gasteiger partial charge in [-0.15, -0.1) is 6.58 Å². The van der Waals surface area contributed by atoms with E-state index in [0.29, 0.717) is 0 Å². The van der Waals surface area contributed by atoms with Crippen molar-refractivity contribution in [3.8, 4) is 0 Å². The second kappa shape index (κ2) is 64.9. The van der Waals surface area contributed by atoms with Gasteiger partial charge in [0.1, 0.15) is 0 Å². The van der Waals surface area contributed by atoms with Crippen LogP contribution in [0.2, 0.25) is 0 Å². The fraction of sp³-hybridized carbons (Fsp3) is 0.917. The number of rotatable bonds is 15. The molecule has 0 nitrogen and oxygen atoms in total. The molecule has 0 aromatic carbocycles. The van der Waals surface area contributed by atoms with Crippen molar-refractivity contribution in [2.45, 2.75) is 261 Å². The summed E-state index contributed by atoms with van der Waals surface area (Å²) in [5.41, 5.74) is 2.65. The quantitative estimate of drug-likeness (QED) is 0.151. The lowest BCUT2D eigenvalue weighted by Gasteiger charge is -2.23. The van der Waals surface area contributed by atoms with Gasteiger partial charge in [-0.2, -0.15) is 0 Å². The lowest BCUT2D eigenvalue weighted by atomic mass is 9.83. The van der Waals surface area contributed by atoms with Gasteiger partial charge in [-0.1, -0.05) is 246 Å². The van der Waals surface area contributed by atoms with E-state index < -0.39 is 0 Å². The SMILES string of the molecule is C=C(C)C.C=C(CCC(CC)C1CCCC1)C(C)CC.CC.CC.CC.CCC.CCC.CCCCC(C)C.CCCCC(C)CCC. The smallest absolute Gasteiger partial charge is 0.0237 e. The van der Waals surface area contributed by atoms with E-state index in [1.54, 1.807) is 0 Å². The molecule has 0 spiro atoms. The van der Waals surface area contributed by atoms with Gasteiger partial charge in [-0.05, 0) is 62.7 Å². The lowest BCUT2D eigenvalue weighted by Crippen LogP contribution is -2.11. The zero-order valence-corrected chi connectivity index (χ0v) is 39.0. The van der Waals surface area contributed by atoms with Crippen molar-refractivity contribution in [2.24, 2.45) is 29.6 Å². The van der Waals surface area contributed by atoms with Crippen LogP contribution in [0.1, 0.15) is 261 Å². The average molecular weight is 685 g/mol. The number of hydrogen-bond donors (Lipinski definition) is 0. The molecule has 0 aromatic heterocycles. The third-order valence-corrected chi connectivity index (χ3v) is 7.70. The van der Waals surface area contributed by atoms with Gasteiger partial charge >= 0.3 is 0 Å². The summed E-state index contributed by atoms with van der Waals surface area (Å²) >= 11 is 0. The number of unbranched alkanes of at least 4 members (excludes halogenated alkanes) is 2. The van der Waals surface area contributed by atoms with Gasteiger partial charge in [-0.3, -0.25) is 0 Å². The molecule has 0 aromatic rings. The third kappa shape index (κ3) is 75.7. The summed E-state index contributed by atoms with van der Waals surface area (Å²) in [7, 11) is 0. The molecule has 1 fully saturated rings. The maximum absolute atomic E-state index is 4.26. The van der Waals surface area contributed by atoms with Gasteiger partial charge in [0.05, 0.1) is 0 Å². The van der Waals surface area contributed by atoms with Crippen molar-refractivity contribution >= 4 is 0 Å². The number of hydrogen-bond acceptors (Lipinski definition) is 0. The molecule has 1 aliphatic rings. The molecule has 48 heavy (non-hydrogen) atoms. The molecule has 0 N–H and O–H groups in total. The summed E-state index contributed by atoms with van der Waals surface area (Å²) < 4.78 is 0. The van der Waals surface area contributed by atoms with Crippen LogP contribution in [0.15, 0.2) is 24.3 Å². The fourth-order valence-electron chi connectivity index (χ4n) is 4.91. The molecular formula is C48H108. The van der Waals surface area contributed by atoms with Gasteiger partial charge in [0.2, 0.25) is 0 Å². The highest BCUT2D eigenvalue weighted by atomic mass is 14.3. The summed E-state index contributed by atoms with van der Waals surface area (Å²) in [4.78, 5) is 0. The minimum absolute atomic E-state index is 0.723. The summed E-state index contributed by atoms with van der Waals surface area (Å²) in [6.07, 6.45) is 24.9. The van der Waals surface area contributed by atoms with Crippen LogP contribution >= 0.6 is 0 Å². The summed E-state index contributed by atoms with van der Waals surface area (Å²) in [5.74, 6) is 4.61. The van der Waals surface area contributed by atoms with Crippen molar-refractivity contribution in [3.05, 3.63) is 24.3 Å². The summed E-state index contributed by atoms with van der Waals surface area (Å²) in [6.45, 7) is 52.9. The van der Waals surface area contributed by atoms with Crippen molar-refractivity contribution in [1.29, 1.82) is 0 Å². The molecule has 1 aliphatic carbocycles. The van der Waals surface area contributed by atoms with Crippen LogP contribution in [0.3, 0.4) is 0 Å². The normalized spacial score (nSPS) is 12.7. The van der Waals surface area contributed by atoms with Gasteiger partial charge in [0.15, 0.2) is 0 Å². The highest BCUT2D eigenvalue weighted by Crippen LogP contribution is 2.36. The van der Waals surface area contributed by atoms with Crippen LogP contribution in [-0.4, -0.2) is 0 Å². The van der Waals surface area contributed by atoms with Gasteiger partial charge in [0, 0.05) is 0 Å². The second-order valence-corrected chi connectivity index (χ2v) is 13.9. The predicted octanol–water partition coefficient (Wildman–Crippen LogP) is 19.5. The Labute approximate surface area is 314 Å². The maximum atomic E-state index is 4.26. The van der Waals surface area contributed by atoms with Crippen LogP contribution in [-0.2, 0) is 0 Å². The Hall–Kier alpha value is -0.520. The van der Waals surface area contributed by atoms with E-state index in [0.717, 1.165) is 29.6 Å². The van der Waals surface area contributed by atoms with E-state index in [1.807, 2.05) is 55.4 Å². The van der Waals surface area contributed by atoms with E-state index >= 15 is 0 Å². The van der Waals surface area contributed by atoms with Crippen molar-refractivity contribution in [2.75, 3.05) is 0 Å². The molecule has 3 unspecified atom stereocenters. The molecular weight excluding hydrogens is 577 g/mol. The first-order chi connectivity index (χ1) is 22.8. The molecule has 1 saturated carbocycles. The minimum Gasteiger partial charge on any atom is -0.100 e. The Morgan fingerprint density at radius 3 is 1.21 bits per heavy atom.